The summed E-state index contributed by atoms with van der Waals surface area (Å²) in [5.41, 5.74) is 1.04. The normalized spacial score (nSPS) is 13.0. The lowest BCUT2D eigenvalue weighted by molar-refractivity contribution is -0.127. The highest BCUT2D eigenvalue weighted by Gasteiger charge is 2.18. The molecule has 1 unspecified atom stereocenters. The van der Waals surface area contributed by atoms with E-state index in [1.54, 1.807) is 49.4 Å². The van der Waals surface area contributed by atoms with Crippen LogP contribution in [0.25, 0.3) is 17.0 Å². The Balaban J connectivity index is 1.14. The summed E-state index contributed by atoms with van der Waals surface area (Å²) in [5.74, 6) is 1.75. The van der Waals surface area contributed by atoms with Crippen molar-refractivity contribution in [1.29, 1.82) is 0 Å². The summed E-state index contributed by atoms with van der Waals surface area (Å²) in [7, 11) is 0. The zero-order valence-corrected chi connectivity index (χ0v) is 18.1. The van der Waals surface area contributed by atoms with Crippen LogP contribution in [0, 0.1) is 5.82 Å². The van der Waals surface area contributed by atoms with E-state index >= 15 is 0 Å². The van der Waals surface area contributed by atoms with Crippen LogP contribution >= 0.6 is 0 Å². The lowest BCUT2D eigenvalue weighted by atomic mass is 10.2. The molecule has 3 heterocycles. The molecule has 5 rings (SSSR count). The number of nitrogens with one attached hydrogen (secondary N) is 1. The molecule has 11 heteroatoms. The van der Waals surface area contributed by atoms with Crippen LogP contribution in [0.5, 0.6) is 23.1 Å². The first-order valence-corrected chi connectivity index (χ1v) is 10.5. The molecule has 0 saturated carbocycles. The summed E-state index contributed by atoms with van der Waals surface area (Å²) >= 11 is 0. The molecule has 34 heavy (non-hydrogen) atoms. The maximum Gasteiger partial charge on any atom is 0.260 e. The van der Waals surface area contributed by atoms with E-state index in [-0.39, 0.29) is 31.7 Å². The number of hydrogen-bond acceptors (Lipinski definition) is 8. The van der Waals surface area contributed by atoms with Gasteiger partial charge in [0.15, 0.2) is 29.1 Å². The number of fused-ring (bicyclic) bond motifs is 2. The fourth-order valence-corrected chi connectivity index (χ4v) is 3.34. The lowest BCUT2D eigenvalue weighted by Gasteiger charge is -2.15. The van der Waals surface area contributed by atoms with Crippen LogP contribution < -0.4 is 24.3 Å². The Morgan fingerprint density at radius 1 is 1.15 bits per heavy atom. The van der Waals surface area contributed by atoms with Gasteiger partial charge in [0.05, 0.1) is 6.54 Å². The molecule has 1 aliphatic rings. The van der Waals surface area contributed by atoms with Crippen molar-refractivity contribution in [3.8, 4) is 34.5 Å². The second kappa shape index (κ2) is 9.22. The van der Waals surface area contributed by atoms with Crippen molar-refractivity contribution in [2.75, 3.05) is 19.9 Å². The van der Waals surface area contributed by atoms with E-state index < -0.39 is 6.10 Å². The Labute approximate surface area is 193 Å². The summed E-state index contributed by atoms with van der Waals surface area (Å²) in [6.07, 6.45) is -0.722. The molecule has 0 spiro atoms. The van der Waals surface area contributed by atoms with Gasteiger partial charge in [0, 0.05) is 17.7 Å². The molecule has 4 aromatic rings. The van der Waals surface area contributed by atoms with Crippen LogP contribution in [-0.2, 0) is 4.79 Å². The topological polar surface area (TPSA) is 109 Å². The van der Waals surface area contributed by atoms with Crippen LogP contribution in [-0.4, -0.2) is 51.8 Å². The van der Waals surface area contributed by atoms with E-state index in [0.29, 0.717) is 40.2 Å². The van der Waals surface area contributed by atoms with Gasteiger partial charge >= 0.3 is 0 Å². The highest BCUT2D eigenvalue weighted by atomic mass is 19.1. The minimum Gasteiger partial charge on any atom is -0.481 e. The number of halogens is 1. The van der Waals surface area contributed by atoms with E-state index in [4.69, 9.17) is 18.9 Å². The quantitative estimate of drug-likeness (QED) is 0.396. The molecule has 174 valence electrons. The largest absolute Gasteiger partial charge is 0.481 e. The monoisotopic (exact) mass is 465 g/mol. The number of rotatable bonds is 8. The molecule has 2 aromatic heterocycles. The predicted molar refractivity (Wildman–Crippen MR) is 117 cm³/mol. The zero-order valence-electron chi connectivity index (χ0n) is 18.1. The average molecular weight is 465 g/mol. The number of aromatic nitrogens is 4. The number of hydrogen-bond donors (Lipinski definition) is 1. The Morgan fingerprint density at radius 3 is 2.91 bits per heavy atom. The van der Waals surface area contributed by atoms with Crippen LogP contribution in [0.1, 0.15) is 6.92 Å². The minimum atomic E-state index is -0.722. The molecule has 0 radical (unpaired) electrons. The first-order valence-electron chi connectivity index (χ1n) is 10.5. The third-order valence-electron chi connectivity index (χ3n) is 5.00. The van der Waals surface area contributed by atoms with E-state index in [2.05, 4.69) is 20.6 Å². The first kappa shape index (κ1) is 21.4. The molecule has 2 aromatic carbocycles. The molecule has 0 fully saturated rings. The van der Waals surface area contributed by atoms with Crippen molar-refractivity contribution in [1.82, 2.24) is 25.1 Å². The van der Waals surface area contributed by atoms with Crippen molar-refractivity contribution < 1.29 is 28.1 Å². The second-order valence-corrected chi connectivity index (χ2v) is 7.39. The Bertz CT molecular complexity index is 1340. The SMILES string of the molecule is CC(Oc1ccc2c(c1)OCO2)C(=O)NCCOc1ccc2nnc(-c3cccc(F)c3)n2n1. The second-order valence-electron chi connectivity index (χ2n) is 7.39. The third kappa shape index (κ3) is 4.53. The van der Waals surface area contributed by atoms with E-state index in [1.165, 1.54) is 16.6 Å². The first-order chi connectivity index (χ1) is 16.6. The minimum absolute atomic E-state index is 0.167. The molecule has 10 nitrogen and oxygen atoms in total. The summed E-state index contributed by atoms with van der Waals surface area (Å²) in [6, 6.07) is 14.5. The number of nitrogens with zero attached hydrogens (tertiary/aromatic N) is 4. The highest BCUT2D eigenvalue weighted by molar-refractivity contribution is 5.80. The third-order valence-corrected chi connectivity index (χ3v) is 5.00. The Kier molecular flexibility index (Phi) is 5.81. The Hall–Kier alpha value is -4.41. The van der Waals surface area contributed by atoms with Crippen molar-refractivity contribution in [2.45, 2.75) is 13.0 Å². The fourth-order valence-electron chi connectivity index (χ4n) is 3.34. The van der Waals surface area contributed by atoms with Crippen LogP contribution in [0.2, 0.25) is 0 Å². The van der Waals surface area contributed by atoms with Gasteiger partial charge in [0.2, 0.25) is 12.7 Å². The molecule has 0 aliphatic carbocycles. The number of benzene rings is 2. The molecule has 0 bridgehead atoms. The van der Waals surface area contributed by atoms with E-state index in [1.807, 2.05) is 0 Å². The highest BCUT2D eigenvalue weighted by Crippen LogP contribution is 2.35. The van der Waals surface area contributed by atoms with Crippen LogP contribution in [0.15, 0.2) is 54.6 Å². The summed E-state index contributed by atoms with van der Waals surface area (Å²) in [5, 5.41) is 15.2. The van der Waals surface area contributed by atoms with Gasteiger partial charge in [-0.05, 0) is 37.3 Å². The van der Waals surface area contributed by atoms with E-state index in [9.17, 15) is 9.18 Å². The van der Waals surface area contributed by atoms with Gasteiger partial charge in [-0.25, -0.2) is 4.39 Å². The van der Waals surface area contributed by atoms with Gasteiger partial charge in [-0.3, -0.25) is 4.79 Å². The van der Waals surface area contributed by atoms with Gasteiger partial charge in [0.25, 0.3) is 5.91 Å². The summed E-state index contributed by atoms with van der Waals surface area (Å²) < 4.78 is 37.0. The predicted octanol–water partition coefficient (Wildman–Crippen LogP) is 2.62. The summed E-state index contributed by atoms with van der Waals surface area (Å²) in [4.78, 5) is 12.3. The van der Waals surface area contributed by atoms with Gasteiger partial charge in [-0.15, -0.1) is 15.3 Å². The number of ether oxygens (including phenoxy) is 4. The van der Waals surface area contributed by atoms with Gasteiger partial charge in [0.1, 0.15) is 18.2 Å². The number of carbonyl (C=O) groups is 1. The molecule has 1 N–H and O–H groups in total. The van der Waals surface area contributed by atoms with Gasteiger partial charge in [-0.2, -0.15) is 4.52 Å². The van der Waals surface area contributed by atoms with Crippen molar-refractivity contribution in [2.24, 2.45) is 0 Å². The van der Waals surface area contributed by atoms with E-state index in [0.717, 1.165) is 0 Å². The molecular weight excluding hydrogens is 445 g/mol. The molecule has 0 saturated heterocycles. The Morgan fingerprint density at radius 2 is 2.03 bits per heavy atom. The molecule has 1 aliphatic heterocycles. The van der Waals surface area contributed by atoms with Gasteiger partial charge < -0.3 is 24.3 Å². The fraction of sp³-hybridized carbons (Fsp3) is 0.217. The average Bonchev–Trinajstić information content (AvgIpc) is 3.48. The lowest BCUT2D eigenvalue weighted by Crippen LogP contribution is -2.38. The standard InChI is InChI=1S/C23H20FN5O5/c1-14(34-17-5-6-18-19(12-17)33-13-32-18)23(30)25-9-10-31-21-8-7-20-26-27-22(29(20)28-21)15-3-2-4-16(24)11-15/h2-8,11-12,14H,9-10,13H2,1H3,(H,25,30). The van der Waals surface area contributed by atoms with Crippen molar-refractivity contribution in [3.05, 3.63) is 60.4 Å². The van der Waals surface area contributed by atoms with Crippen LogP contribution in [0.3, 0.4) is 0 Å². The smallest absolute Gasteiger partial charge is 0.260 e. The zero-order chi connectivity index (χ0) is 23.5. The van der Waals surface area contributed by atoms with Crippen molar-refractivity contribution >= 4 is 11.6 Å². The van der Waals surface area contributed by atoms with Gasteiger partial charge in [-0.1, -0.05) is 12.1 Å². The molecular formula is C23H20FN5O5. The maximum absolute atomic E-state index is 13.6. The molecule has 1 amide bonds. The van der Waals surface area contributed by atoms with Crippen LogP contribution in [0.4, 0.5) is 4.39 Å². The number of amides is 1. The van der Waals surface area contributed by atoms with Crippen molar-refractivity contribution in [3.63, 3.8) is 0 Å². The number of carbonyl (C=O) groups excluding carboxylic acids is 1. The summed E-state index contributed by atoms with van der Waals surface area (Å²) in [6.45, 7) is 2.24. The molecule has 1 atom stereocenters. The maximum atomic E-state index is 13.6.